The van der Waals surface area contributed by atoms with Gasteiger partial charge in [-0.1, -0.05) is 116 Å². The molecule has 0 heterocycles. The van der Waals surface area contributed by atoms with Gasteiger partial charge in [0, 0.05) is 0 Å². The number of aryl methyl sites for hydroxylation is 1. The second-order valence-corrected chi connectivity index (χ2v) is 12.4. The Kier molecular flexibility index (Phi) is 13.2. The van der Waals surface area contributed by atoms with Gasteiger partial charge in [-0.05, 0) is 43.7 Å². The van der Waals surface area contributed by atoms with Crippen molar-refractivity contribution >= 4 is 9.84 Å². The topological polar surface area (TPSA) is 57.9 Å². The minimum atomic E-state index is -3.75. The molecule has 0 spiro atoms. The molecule has 0 saturated heterocycles. The lowest BCUT2D eigenvalue weighted by molar-refractivity contribution is 0.353. The van der Waals surface area contributed by atoms with Crippen LogP contribution in [-0.2, 0) is 9.84 Å². The number of nitrogens with zero attached hydrogens (tertiary/aromatic N) is 1. The third kappa shape index (κ3) is 8.89. The Morgan fingerprint density at radius 1 is 0.812 bits per heavy atom. The summed E-state index contributed by atoms with van der Waals surface area (Å²) in [4.78, 5) is 0.287. The van der Waals surface area contributed by atoms with Crippen molar-refractivity contribution in [2.24, 2.45) is 11.8 Å². The lowest BCUT2D eigenvalue weighted by atomic mass is 9.84. The molecule has 0 bridgehead atoms. The second kappa shape index (κ2) is 14.7. The van der Waals surface area contributed by atoms with Gasteiger partial charge in [-0.2, -0.15) is 5.26 Å². The van der Waals surface area contributed by atoms with E-state index in [1.54, 1.807) is 12.1 Å². The number of hydrogen-bond acceptors (Lipinski definition) is 3. The monoisotopic (exact) mass is 461 g/mol. The van der Waals surface area contributed by atoms with Crippen LogP contribution in [0.1, 0.15) is 117 Å². The molecule has 32 heavy (non-hydrogen) atoms. The Morgan fingerprint density at radius 3 is 1.78 bits per heavy atom. The highest BCUT2D eigenvalue weighted by Crippen LogP contribution is 2.39. The molecule has 0 aliphatic heterocycles. The molecule has 0 aliphatic carbocycles. The predicted molar refractivity (Wildman–Crippen MR) is 136 cm³/mol. The molecule has 0 saturated carbocycles. The van der Waals surface area contributed by atoms with Crippen LogP contribution in [-0.4, -0.2) is 13.2 Å². The lowest BCUT2D eigenvalue weighted by Gasteiger charge is -2.32. The summed E-state index contributed by atoms with van der Waals surface area (Å²) in [7, 11) is -3.75. The Morgan fingerprint density at radius 2 is 1.28 bits per heavy atom. The van der Waals surface area contributed by atoms with Gasteiger partial charge in [0.1, 0.15) is 0 Å². The summed E-state index contributed by atoms with van der Waals surface area (Å²) in [6.07, 6.45) is 13.7. The van der Waals surface area contributed by atoms with Gasteiger partial charge in [0.2, 0.25) is 0 Å². The van der Waals surface area contributed by atoms with Crippen LogP contribution >= 0.6 is 0 Å². The van der Waals surface area contributed by atoms with E-state index in [1.165, 1.54) is 38.5 Å². The molecule has 1 rings (SSSR count). The number of rotatable bonds is 17. The van der Waals surface area contributed by atoms with Gasteiger partial charge in [0.15, 0.2) is 14.6 Å². The van der Waals surface area contributed by atoms with Gasteiger partial charge < -0.3 is 0 Å². The first-order valence-electron chi connectivity index (χ1n) is 12.9. The molecule has 0 aliphatic rings. The van der Waals surface area contributed by atoms with E-state index in [-0.39, 0.29) is 16.7 Å². The first-order valence-corrected chi connectivity index (χ1v) is 14.4. The smallest absolute Gasteiger partial charge is 0.197 e. The summed E-state index contributed by atoms with van der Waals surface area (Å²) in [6.45, 7) is 10.6. The van der Waals surface area contributed by atoms with Crippen LogP contribution in [0.2, 0.25) is 0 Å². The summed E-state index contributed by atoms with van der Waals surface area (Å²) in [6, 6.07) is 9.36. The van der Waals surface area contributed by atoms with Gasteiger partial charge in [-0.3, -0.25) is 0 Å². The fraction of sp³-hybridized carbons (Fsp3) is 0.750. The van der Waals surface area contributed by atoms with Crippen LogP contribution in [0.4, 0.5) is 0 Å². The van der Waals surface area contributed by atoms with Crippen LogP contribution in [0, 0.1) is 30.1 Å². The van der Waals surface area contributed by atoms with Gasteiger partial charge in [0.05, 0.1) is 11.0 Å². The minimum Gasteiger partial charge on any atom is -0.222 e. The molecule has 0 aromatic heterocycles. The van der Waals surface area contributed by atoms with E-state index < -0.39 is 14.6 Å². The van der Waals surface area contributed by atoms with Crippen LogP contribution in [0.3, 0.4) is 0 Å². The molecule has 0 radical (unpaired) electrons. The van der Waals surface area contributed by atoms with Crippen molar-refractivity contribution in [2.45, 2.75) is 128 Å². The number of benzene rings is 1. The standard InChI is InChI=1S/C28H47NO2S/c1-6-8-10-11-12-13-14-16-26(5)22-28(23-29,21-25(4)15-9-7-2)32(30,31)27-19-17-24(3)18-20-27/h17-20,25-26H,6-16,21-22H2,1-5H3/t25-,26-,28?/m1/s1. The van der Waals surface area contributed by atoms with Crippen molar-refractivity contribution in [2.75, 3.05) is 0 Å². The maximum absolute atomic E-state index is 13.8. The van der Waals surface area contributed by atoms with Crippen LogP contribution in [0.5, 0.6) is 0 Å². The van der Waals surface area contributed by atoms with E-state index in [2.05, 4.69) is 33.8 Å². The lowest BCUT2D eigenvalue weighted by Crippen LogP contribution is -2.40. The molecule has 4 heteroatoms. The SMILES string of the molecule is CCCCCCCCC[C@@H](C)CC(C#N)(C[C@H](C)CCCC)S(=O)(=O)c1ccc(C)cc1. The summed E-state index contributed by atoms with van der Waals surface area (Å²) >= 11 is 0. The minimum absolute atomic E-state index is 0.209. The highest BCUT2D eigenvalue weighted by atomic mass is 32.2. The number of nitriles is 1. The maximum Gasteiger partial charge on any atom is 0.197 e. The van der Waals surface area contributed by atoms with E-state index >= 15 is 0 Å². The molecule has 0 amide bonds. The van der Waals surface area contributed by atoms with E-state index in [0.717, 1.165) is 37.7 Å². The van der Waals surface area contributed by atoms with Crippen LogP contribution in [0.25, 0.3) is 0 Å². The summed E-state index contributed by atoms with van der Waals surface area (Å²) in [5, 5.41) is 10.3. The number of hydrogen-bond donors (Lipinski definition) is 0. The molecule has 0 N–H and O–H groups in total. The van der Waals surface area contributed by atoms with E-state index in [4.69, 9.17) is 0 Å². The fourth-order valence-corrected chi connectivity index (χ4v) is 6.80. The highest BCUT2D eigenvalue weighted by Gasteiger charge is 2.46. The average Bonchev–Trinajstić information content (AvgIpc) is 2.76. The Balaban J connectivity index is 2.96. The zero-order valence-electron chi connectivity index (χ0n) is 21.3. The third-order valence-electron chi connectivity index (χ3n) is 6.76. The van der Waals surface area contributed by atoms with Crippen molar-refractivity contribution < 1.29 is 8.42 Å². The summed E-state index contributed by atoms with van der Waals surface area (Å²) in [5.41, 5.74) is 1.02. The highest BCUT2D eigenvalue weighted by molar-refractivity contribution is 7.93. The van der Waals surface area contributed by atoms with Crippen LogP contribution < -0.4 is 0 Å². The molecular weight excluding hydrogens is 414 g/mol. The fourth-order valence-electron chi connectivity index (χ4n) is 4.73. The first-order chi connectivity index (χ1) is 15.2. The molecule has 0 fully saturated rings. The van der Waals surface area contributed by atoms with Crippen molar-refractivity contribution in [3.63, 3.8) is 0 Å². The van der Waals surface area contributed by atoms with Crippen molar-refractivity contribution in [1.29, 1.82) is 5.26 Å². The average molecular weight is 462 g/mol. The zero-order chi connectivity index (χ0) is 24.0. The van der Waals surface area contributed by atoms with Crippen molar-refractivity contribution in [3.05, 3.63) is 29.8 Å². The van der Waals surface area contributed by atoms with Gasteiger partial charge >= 0.3 is 0 Å². The molecule has 1 unspecified atom stereocenters. The summed E-state index contributed by atoms with van der Waals surface area (Å²) in [5.74, 6) is 0.421. The number of unbranched alkanes of at least 4 members (excludes halogenated alkanes) is 7. The van der Waals surface area contributed by atoms with Gasteiger partial charge in [-0.25, -0.2) is 8.42 Å². The molecule has 1 aromatic carbocycles. The molecule has 1 aromatic rings. The first kappa shape index (κ1) is 28.7. The maximum atomic E-state index is 13.8. The van der Waals surface area contributed by atoms with Crippen molar-refractivity contribution in [3.8, 4) is 6.07 Å². The number of sulfone groups is 1. The quantitative estimate of drug-likeness (QED) is 0.219. The van der Waals surface area contributed by atoms with Gasteiger partial charge in [0.25, 0.3) is 0 Å². The van der Waals surface area contributed by atoms with Gasteiger partial charge in [-0.15, -0.1) is 0 Å². The molecular formula is C28H47NO2S. The normalized spacial score (nSPS) is 15.6. The van der Waals surface area contributed by atoms with Crippen molar-refractivity contribution in [1.82, 2.24) is 0 Å². The second-order valence-electron chi connectivity index (χ2n) is 10.1. The zero-order valence-corrected chi connectivity index (χ0v) is 22.1. The molecule has 3 nitrogen and oxygen atoms in total. The third-order valence-corrected chi connectivity index (χ3v) is 9.10. The predicted octanol–water partition coefficient (Wildman–Crippen LogP) is 8.41. The Bertz CT molecular complexity index is 779. The van der Waals surface area contributed by atoms with Crippen LogP contribution in [0.15, 0.2) is 29.2 Å². The molecule has 182 valence electrons. The Labute approximate surface area is 198 Å². The Hall–Kier alpha value is -1.34. The molecule has 3 atom stereocenters. The van der Waals surface area contributed by atoms with E-state index in [1.807, 2.05) is 19.1 Å². The summed E-state index contributed by atoms with van der Waals surface area (Å²) < 4.78 is 26.2. The van der Waals surface area contributed by atoms with E-state index in [9.17, 15) is 13.7 Å². The largest absolute Gasteiger partial charge is 0.222 e. The van der Waals surface area contributed by atoms with E-state index in [0.29, 0.717) is 12.8 Å².